The minimum absolute atomic E-state index is 0.135. The number of thiazole rings is 1. The van der Waals surface area contributed by atoms with Crippen LogP contribution in [0.15, 0.2) is 61.2 Å². The Balaban J connectivity index is 1.04. The number of amides is 2. The Labute approximate surface area is 414 Å². The van der Waals surface area contributed by atoms with Gasteiger partial charge in [0, 0.05) is 37.5 Å². The van der Waals surface area contributed by atoms with Crippen molar-refractivity contribution < 1.29 is 57.6 Å². The van der Waals surface area contributed by atoms with Gasteiger partial charge in [-0.25, -0.2) is 9.78 Å². The number of carbonyl (C=O) groups excluding carboxylic acids is 6. The normalized spacial score (nSPS) is 25.3. The monoisotopic (exact) mass is 990 g/mol. The quantitative estimate of drug-likeness (QED) is 0.0317. The summed E-state index contributed by atoms with van der Waals surface area (Å²) in [5.41, 5.74) is 0.0594. The van der Waals surface area contributed by atoms with E-state index in [0.717, 1.165) is 78.6 Å². The van der Waals surface area contributed by atoms with Gasteiger partial charge in [0.1, 0.15) is 30.3 Å². The highest BCUT2D eigenvalue weighted by molar-refractivity contribution is 7.18. The molecule has 1 N–H and O–H groups in total. The molecule has 3 aliphatic heterocycles. The lowest BCUT2D eigenvalue weighted by molar-refractivity contribution is -0.157. The number of aryl methyl sites for hydroxylation is 1. The van der Waals surface area contributed by atoms with Crippen LogP contribution in [0.1, 0.15) is 146 Å². The molecule has 0 aliphatic carbocycles. The summed E-state index contributed by atoms with van der Waals surface area (Å²) in [6.07, 6.45) is 9.41. The number of ketones is 1. The van der Waals surface area contributed by atoms with Crippen LogP contribution in [0.3, 0.4) is 0 Å². The number of aromatic nitrogens is 1. The van der Waals surface area contributed by atoms with Gasteiger partial charge in [-0.3, -0.25) is 28.9 Å². The number of ether oxygens (including phenoxy) is 5. The van der Waals surface area contributed by atoms with Crippen LogP contribution in [0.5, 0.6) is 5.75 Å². The Kier molecular flexibility index (Phi) is 18.8. The summed E-state index contributed by atoms with van der Waals surface area (Å²) in [6.45, 7) is 13.1. The average Bonchev–Trinajstić information content (AvgIpc) is 3.58. The van der Waals surface area contributed by atoms with Crippen molar-refractivity contribution in [1.82, 2.24) is 9.88 Å². The van der Waals surface area contributed by atoms with Gasteiger partial charge in [0.15, 0.2) is 0 Å². The van der Waals surface area contributed by atoms with Gasteiger partial charge in [0.25, 0.3) is 11.8 Å². The van der Waals surface area contributed by atoms with Gasteiger partial charge in [0.05, 0.1) is 49.9 Å². The first-order valence-corrected chi connectivity index (χ1v) is 25.5. The van der Waals surface area contributed by atoms with Crippen molar-refractivity contribution in [2.75, 3.05) is 6.54 Å². The number of aliphatic hydroxyl groups excluding tert-OH is 1. The number of cyclic esters (lactones) is 1. The second-order valence-electron chi connectivity index (χ2n) is 19.5. The molecule has 2 fully saturated rings. The third kappa shape index (κ3) is 14.6. The zero-order chi connectivity index (χ0) is 49.9. The highest BCUT2D eigenvalue weighted by Gasteiger charge is 2.53. The summed E-state index contributed by atoms with van der Waals surface area (Å²) in [5.74, 6) is -3.00. The van der Waals surface area contributed by atoms with E-state index in [2.05, 4.69) is 11.6 Å². The van der Waals surface area contributed by atoms with Gasteiger partial charge in [-0.15, -0.1) is 17.9 Å². The van der Waals surface area contributed by atoms with Gasteiger partial charge in [-0.05, 0) is 101 Å². The molecule has 0 spiro atoms. The number of nitrogens with zero attached hydrogens (tertiary/aromatic N) is 2. The Bertz CT molecular complexity index is 2360. The van der Waals surface area contributed by atoms with Gasteiger partial charge < -0.3 is 28.8 Å². The molecule has 0 bridgehead atoms. The largest absolute Gasteiger partial charge is 0.508 e. The van der Waals surface area contributed by atoms with Gasteiger partial charge in [-0.2, -0.15) is 0 Å². The Hall–Kier alpha value is -4.96. The highest BCUT2D eigenvalue weighted by atomic mass is 35.5. The van der Waals surface area contributed by atoms with Crippen molar-refractivity contribution in [3.8, 4) is 5.75 Å². The fourth-order valence-corrected chi connectivity index (χ4v) is 10.4. The van der Waals surface area contributed by atoms with E-state index in [-0.39, 0.29) is 54.1 Å². The number of aliphatic hydroxyl groups is 1. The predicted octanol–water partition coefficient (Wildman–Crippen LogP) is 10.8. The van der Waals surface area contributed by atoms with Crippen LogP contribution in [-0.4, -0.2) is 81.1 Å². The maximum atomic E-state index is 14.6. The molecule has 0 radical (unpaired) electrons. The Morgan fingerprint density at radius 1 is 0.986 bits per heavy atom. The first kappa shape index (κ1) is 53.4. The minimum atomic E-state index is -1.50. The molecule has 7 atom stereocenters. The number of esters is 2. The number of benzene rings is 2. The molecule has 0 saturated carbocycles. The van der Waals surface area contributed by atoms with E-state index in [9.17, 15) is 33.9 Å². The first-order valence-electron chi connectivity index (χ1n) is 24.3. The number of carbonyl (C=O) groups is 6. The molecule has 0 unspecified atom stereocenters. The summed E-state index contributed by atoms with van der Waals surface area (Å²) in [4.78, 5) is 84.0. The van der Waals surface area contributed by atoms with E-state index in [1.54, 1.807) is 37.3 Å². The van der Waals surface area contributed by atoms with Crippen LogP contribution in [-0.2, 0) is 49.5 Å². The molecule has 4 heterocycles. The predicted molar refractivity (Wildman–Crippen MR) is 261 cm³/mol. The van der Waals surface area contributed by atoms with Crippen LogP contribution in [0.2, 0.25) is 5.02 Å². The molecule has 2 amide bonds. The molecule has 374 valence electrons. The van der Waals surface area contributed by atoms with Gasteiger partial charge in [0.2, 0.25) is 0 Å². The van der Waals surface area contributed by atoms with E-state index in [0.29, 0.717) is 31.4 Å². The molecular formula is C53H67ClN2O12S. The lowest BCUT2D eigenvalue weighted by Gasteiger charge is -2.37. The molecule has 6 rings (SSSR count). The molecule has 16 heteroatoms. The lowest BCUT2D eigenvalue weighted by atomic mass is 9.71. The van der Waals surface area contributed by atoms with Crippen LogP contribution in [0.25, 0.3) is 10.2 Å². The summed E-state index contributed by atoms with van der Waals surface area (Å²) in [6, 6.07) is 10.4. The van der Waals surface area contributed by atoms with Crippen LogP contribution in [0.4, 0.5) is 4.79 Å². The molecular weight excluding hydrogens is 924 g/mol. The van der Waals surface area contributed by atoms with E-state index >= 15 is 0 Å². The van der Waals surface area contributed by atoms with Crippen LogP contribution >= 0.6 is 22.9 Å². The molecule has 1 aromatic heterocycles. The molecule has 69 heavy (non-hydrogen) atoms. The van der Waals surface area contributed by atoms with Crippen molar-refractivity contribution in [2.24, 2.45) is 17.3 Å². The molecule has 2 saturated heterocycles. The Morgan fingerprint density at radius 2 is 1.68 bits per heavy atom. The standard InChI is InChI=1S/C53H67ClN2O12S/c1-7-17-37-49(61)33(2)18-16-26-53(6)44(68-53)30-41(36-21-23-42-39(29-36)55-34(3)69-42)66-48(60)31-43(52(4,5)50(37)62)67-51(63)64-32-35-20-22-40(38(54)28-35)65-47(59)19-14-12-10-8-9-11-13-15-27-56-45(57)24-25-46(56)58/h7,20-25,28-29,33,37,41,43-44,49,61H,1,8-19,26-27,30-32H2,2-6H3/t33-,37+,41-,43-,44-,49-,53+/m0/s1. The third-order valence-electron chi connectivity index (χ3n) is 13.7. The molecule has 2 aromatic carbocycles. The maximum absolute atomic E-state index is 14.6. The summed E-state index contributed by atoms with van der Waals surface area (Å²) in [7, 11) is 0. The number of unbranched alkanes of at least 4 members (excludes halogenated alkanes) is 7. The summed E-state index contributed by atoms with van der Waals surface area (Å²) >= 11 is 8.07. The number of allylic oxidation sites excluding steroid dienone is 1. The lowest BCUT2D eigenvalue weighted by Crippen LogP contribution is -2.48. The van der Waals surface area contributed by atoms with Gasteiger partial charge >= 0.3 is 18.1 Å². The zero-order valence-corrected chi connectivity index (χ0v) is 42.1. The number of rotatable bonds is 18. The van der Waals surface area contributed by atoms with E-state index in [1.165, 1.54) is 29.2 Å². The zero-order valence-electron chi connectivity index (χ0n) is 40.5. The summed E-state index contributed by atoms with van der Waals surface area (Å²) in [5, 5.41) is 12.7. The fourth-order valence-electron chi connectivity index (χ4n) is 9.31. The third-order valence-corrected chi connectivity index (χ3v) is 15.0. The van der Waals surface area contributed by atoms with Crippen LogP contribution < -0.4 is 4.74 Å². The maximum Gasteiger partial charge on any atom is 0.508 e. The topological polar surface area (TPSA) is 188 Å². The number of epoxide rings is 1. The number of hydrogen-bond acceptors (Lipinski definition) is 14. The van der Waals surface area contributed by atoms with E-state index in [4.69, 9.17) is 35.3 Å². The molecule has 3 aliphatic rings. The number of fused-ring (bicyclic) bond motifs is 2. The first-order chi connectivity index (χ1) is 32.9. The molecule has 14 nitrogen and oxygen atoms in total. The highest BCUT2D eigenvalue weighted by Crippen LogP contribution is 2.47. The Morgan fingerprint density at radius 3 is 2.38 bits per heavy atom. The fraction of sp³-hybridized carbons (Fsp3) is 0.566. The van der Waals surface area contributed by atoms with Crippen molar-refractivity contribution in [3.05, 3.63) is 82.4 Å². The molecule has 3 aromatic rings. The van der Waals surface area contributed by atoms with Crippen molar-refractivity contribution in [3.63, 3.8) is 0 Å². The van der Waals surface area contributed by atoms with E-state index in [1.807, 2.05) is 39.0 Å². The van der Waals surface area contributed by atoms with E-state index < -0.39 is 65.5 Å². The number of Topliss-reactive ketones (excluding diaryl/α,β-unsaturated/α-hetero) is 1. The second kappa shape index (κ2) is 24.2. The number of hydrogen-bond donors (Lipinski definition) is 1. The average molecular weight is 992 g/mol. The van der Waals surface area contributed by atoms with Crippen LogP contribution in [0, 0.1) is 24.2 Å². The van der Waals surface area contributed by atoms with Gasteiger partial charge in [-0.1, -0.05) is 81.7 Å². The second-order valence-corrected chi connectivity index (χ2v) is 21.1. The number of imide groups is 1. The van der Waals surface area contributed by atoms with Crippen molar-refractivity contribution in [1.29, 1.82) is 0 Å². The van der Waals surface area contributed by atoms with Crippen molar-refractivity contribution >= 4 is 68.8 Å². The summed E-state index contributed by atoms with van der Waals surface area (Å²) < 4.78 is 30.4. The SMILES string of the molecule is C=CC[C@H]1C(=O)C(C)(C)[C@@H](OC(=O)OCc2ccc(OC(=O)CCCCCCCCCCN3C(=O)C=CC3=O)c(Cl)c2)CC(=O)O[C@H](c2ccc3sc(C)nc3c2)C[C@@H]2O[C@]2(C)CCC[C@H](C)[C@@H]1O. The number of halogens is 1. The van der Waals surface area contributed by atoms with Crippen molar-refractivity contribution in [2.45, 2.75) is 168 Å². The smallest absolute Gasteiger partial charge is 0.457 e. The minimum Gasteiger partial charge on any atom is -0.457 e.